The number of rotatable bonds is 0. The van der Waals surface area contributed by atoms with Crippen molar-refractivity contribution in [3.63, 3.8) is 0 Å². The van der Waals surface area contributed by atoms with Crippen LogP contribution < -0.4 is 16.8 Å². The molecule has 0 aromatic heterocycles. The van der Waals surface area contributed by atoms with Gasteiger partial charge in [0.1, 0.15) is 6.79 Å². The van der Waals surface area contributed by atoms with Gasteiger partial charge in [-0.25, -0.2) is 9.59 Å². The molecule has 0 spiro atoms. The van der Waals surface area contributed by atoms with E-state index in [9.17, 15) is 9.59 Å². The van der Waals surface area contributed by atoms with Gasteiger partial charge in [-0.05, 0) is 0 Å². The smallest absolute Gasteiger partial charge is 0.320 e. The standard InChI is InChI=1S/C2H5N3O2.CH2O/c3-1(6)5-2(4)7;1-2/h(H5,3,4,5,6,7);1H2. The molecule has 0 fully saturated rings. The normalized spacial score (nSPS) is 6.22. The Kier molecular flexibility index (Phi) is 7.41. The lowest BCUT2D eigenvalue weighted by molar-refractivity contribution is -0.0979. The zero-order chi connectivity index (χ0) is 7.86. The Morgan fingerprint density at radius 2 is 1.33 bits per heavy atom. The van der Waals surface area contributed by atoms with Crippen LogP contribution >= 0.6 is 0 Å². The fourth-order valence-electron chi connectivity index (χ4n) is 0.121. The van der Waals surface area contributed by atoms with Gasteiger partial charge in [0.2, 0.25) is 0 Å². The van der Waals surface area contributed by atoms with Gasteiger partial charge >= 0.3 is 12.1 Å². The van der Waals surface area contributed by atoms with Crippen molar-refractivity contribution in [2.45, 2.75) is 0 Å². The Hall–Kier alpha value is -1.59. The van der Waals surface area contributed by atoms with Crippen LogP contribution in [0.15, 0.2) is 0 Å². The highest BCUT2D eigenvalue weighted by Gasteiger charge is 1.92. The molecule has 0 heterocycles. The first-order chi connectivity index (χ1) is 4.13. The maximum atomic E-state index is 9.62. The van der Waals surface area contributed by atoms with Crippen molar-refractivity contribution in [1.29, 1.82) is 0 Å². The summed E-state index contributed by atoms with van der Waals surface area (Å²) in [7, 11) is 0. The van der Waals surface area contributed by atoms with Crippen LogP contribution in [0.1, 0.15) is 0 Å². The molecule has 52 valence electrons. The minimum Gasteiger partial charge on any atom is -0.351 e. The van der Waals surface area contributed by atoms with Gasteiger partial charge in [0.05, 0.1) is 0 Å². The minimum absolute atomic E-state index is 0.937. The molecule has 0 aromatic carbocycles. The molecule has 0 atom stereocenters. The zero-order valence-electron chi connectivity index (χ0n) is 4.59. The molecule has 0 unspecified atom stereocenters. The van der Waals surface area contributed by atoms with Gasteiger partial charge in [0.15, 0.2) is 0 Å². The number of hydrogen-bond donors (Lipinski definition) is 3. The molecule has 6 nitrogen and oxygen atoms in total. The summed E-state index contributed by atoms with van der Waals surface area (Å²) in [5.74, 6) is 0. The molecule has 0 aliphatic heterocycles. The quantitative estimate of drug-likeness (QED) is 0.375. The number of carbonyl (C=O) groups is 3. The first-order valence-electron chi connectivity index (χ1n) is 1.77. The highest BCUT2D eigenvalue weighted by Crippen LogP contribution is 1.51. The number of nitrogens with two attached hydrogens (primary N) is 2. The number of carbonyl (C=O) groups excluding carboxylic acids is 3. The maximum Gasteiger partial charge on any atom is 0.320 e. The third kappa shape index (κ3) is 21.5. The van der Waals surface area contributed by atoms with Crippen LogP contribution in [-0.4, -0.2) is 18.9 Å². The van der Waals surface area contributed by atoms with Crippen molar-refractivity contribution in [3.8, 4) is 0 Å². The largest absolute Gasteiger partial charge is 0.351 e. The summed E-state index contributed by atoms with van der Waals surface area (Å²) in [4.78, 5) is 27.2. The predicted molar refractivity (Wildman–Crippen MR) is 29.4 cm³/mol. The van der Waals surface area contributed by atoms with Crippen LogP contribution in [0.4, 0.5) is 9.59 Å². The van der Waals surface area contributed by atoms with Gasteiger partial charge < -0.3 is 16.3 Å². The zero-order valence-corrected chi connectivity index (χ0v) is 4.59. The van der Waals surface area contributed by atoms with Crippen LogP contribution in [0.3, 0.4) is 0 Å². The molecule has 5 N–H and O–H groups in total. The number of nitrogens with one attached hydrogen (secondary N) is 1. The molecule has 6 heteroatoms. The molecule has 0 saturated carbocycles. The maximum absolute atomic E-state index is 9.62. The lowest BCUT2D eigenvalue weighted by Gasteiger charge is -1.88. The van der Waals surface area contributed by atoms with E-state index in [0.717, 1.165) is 0 Å². The molecular weight excluding hydrogens is 126 g/mol. The first kappa shape index (κ1) is 10.4. The Bertz CT molecular complexity index is 101. The average molecular weight is 133 g/mol. The Morgan fingerprint density at radius 1 is 1.11 bits per heavy atom. The number of hydrogen-bond acceptors (Lipinski definition) is 3. The van der Waals surface area contributed by atoms with E-state index in [4.69, 9.17) is 4.79 Å². The highest BCUT2D eigenvalue weighted by atomic mass is 16.2. The molecule has 0 rings (SSSR count). The number of primary amides is 2. The van der Waals surface area contributed by atoms with Gasteiger partial charge in [0, 0.05) is 0 Å². The van der Waals surface area contributed by atoms with Crippen LogP contribution in [-0.2, 0) is 4.79 Å². The average Bonchev–Trinajstić information content (AvgIpc) is 1.68. The van der Waals surface area contributed by atoms with E-state index in [-0.39, 0.29) is 0 Å². The first-order valence-corrected chi connectivity index (χ1v) is 1.77. The fraction of sp³-hybridized carbons (Fsp3) is 0. The van der Waals surface area contributed by atoms with Gasteiger partial charge in [-0.2, -0.15) is 0 Å². The van der Waals surface area contributed by atoms with Crippen molar-refractivity contribution in [2.75, 3.05) is 0 Å². The van der Waals surface area contributed by atoms with Crippen molar-refractivity contribution < 1.29 is 14.4 Å². The van der Waals surface area contributed by atoms with Crippen LogP contribution in [0, 0.1) is 0 Å². The summed E-state index contributed by atoms with van der Waals surface area (Å²) in [6.07, 6.45) is 0. The van der Waals surface area contributed by atoms with Gasteiger partial charge in [-0.15, -0.1) is 0 Å². The number of amides is 4. The molecular formula is C3H7N3O3. The van der Waals surface area contributed by atoms with E-state index in [1.807, 2.05) is 6.79 Å². The van der Waals surface area contributed by atoms with Crippen molar-refractivity contribution in [1.82, 2.24) is 5.32 Å². The summed E-state index contributed by atoms with van der Waals surface area (Å²) in [6, 6.07) is -1.88. The fourth-order valence-corrected chi connectivity index (χ4v) is 0.121. The second-order valence-electron chi connectivity index (χ2n) is 0.854. The lowest BCUT2D eigenvalue weighted by Crippen LogP contribution is -2.38. The summed E-state index contributed by atoms with van der Waals surface area (Å²) < 4.78 is 0. The van der Waals surface area contributed by atoms with E-state index in [1.54, 1.807) is 5.32 Å². The second kappa shape index (κ2) is 6.41. The van der Waals surface area contributed by atoms with Crippen molar-refractivity contribution in [2.24, 2.45) is 11.5 Å². The molecule has 0 aliphatic carbocycles. The SMILES string of the molecule is C=O.NC(=O)NC(N)=O. The van der Waals surface area contributed by atoms with E-state index >= 15 is 0 Å². The summed E-state index contributed by atoms with van der Waals surface area (Å²) in [5.41, 5.74) is 8.88. The minimum atomic E-state index is -0.938. The molecule has 0 bridgehead atoms. The van der Waals surface area contributed by atoms with Crippen molar-refractivity contribution >= 4 is 18.9 Å². The van der Waals surface area contributed by atoms with Crippen LogP contribution in [0.25, 0.3) is 0 Å². The van der Waals surface area contributed by atoms with E-state index < -0.39 is 12.1 Å². The monoisotopic (exact) mass is 133 g/mol. The van der Waals surface area contributed by atoms with Crippen LogP contribution in [0.2, 0.25) is 0 Å². The Balaban J connectivity index is 0. The predicted octanol–water partition coefficient (Wildman–Crippen LogP) is -1.45. The molecule has 0 aliphatic rings. The summed E-state index contributed by atoms with van der Waals surface area (Å²) in [6.45, 7) is 2.00. The molecule has 0 aromatic rings. The van der Waals surface area contributed by atoms with E-state index in [2.05, 4.69) is 11.5 Å². The van der Waals surface area contributed by atoms with Gasteiger partial charge in [-0.3, -0.25) is 5.32 Å². The molecule has 9 heavy (non-hydrogen) atoms. The lowest BCUT2D eigenvalue weighted by atomic mass is 10.9. The molecule has 0 radical (unpaired) electrons. The molecule has 4 amide bonds. The highest BCUT2D eigenvalue weighted by molar-refractivity contribution is 5.91. The third-order valence-electron chi connectivity index (χ3n) is 0.246. The molecule has 0 saturated heterocycles. The summed E-state index contributed by atoms with van der Waals surface area (Å²) >= 11 is 0. The van der Waals surface area contributed by atoms with E-state index in [0.29, 0.717) is 0 Å². The van der Waals surface area contributed by atoms with Gasteiger partial charge in [0.25, 0.3) is 0 Å². The Morgan fingerprint density at radius 3 is 1.33 bits per heavy atom. The number of imide groups is 1. The van der Waals surface area contributed by atoms with Gasteiger partial charge in [-0.1, -0.05) is 0 Å². The number of urea groups is 2. The third-order valence-corrected chi connectivity index (χ3v) is 0.246. The van der Waals surface area contributed by atoms with Crippen molar-refractivity contribution in [3.05, 3.63) is 0 Å². The topological polar surface area (TPSA) is 115 Å². The Labute approximate surface area is 51.2 Å². The second-order valence-corrected chi connectivity index (χ2v) is 0.854. The van der Waals surface area contributed by atoms with Crippen LogP contribution in [0.5, 0.6) is 0 Å². The van der Waals surface area contributed by atoms with E-state index in [1.165, 1.54) is 0 Å². The summed E-state index contributed by atoms with van der Waals surface area (Å²) in [5, 5.41) is 1.58.